The summed E-state index contributed by atoms with van der Waals surface area (Å²) in [6.07, 6.45) is 0.680. The molecule has 3 rings (SSSR count). The molecule has 1 heterocycles. The monoisotopic (exact) mass is 435 g/mol. The number of benzene rings is 2. The number of phenols is 1. The Kier molecular flexibility index (Phi) is 7.00. The van der Waals surface area contributed by atoms with Crippen molar-refractivity contribution in [1.82, 2.24) is 16.0 Å². The van der Waals surface area contributed by atoms with E-state index in [0.717, 1.165) is 6.54 Å². The molecule has 2 aromatic rings. The Labute approximate surface area is 179 Å². The number of rotatable bonds is 6. The minimum atomic E-state index is -0.725. The maximum Gasteiger partial charge on any atom is 0.242 e. The Morgan fingerprint density at radius 1 is 1.24 bits per heavy atom. The van der Waals surface area contributed by atoms with E-state index in [1.165, 1.54) is 17.7 Å². The quantitative estimate of drug-likeness (QED) is 0.561. The average Bonchev–Trinajstić information content (AvgIpc) is 3.20. The third kappa shape index (κ3) is 5.41. The molecule has 2 amide bonds. The molecule has 0 radical (unpaired) electrons. The van der Waals surface area contributed by atoms with Gasteiger partial charge in [0.25, 0.3) is 0 Å². The fourth-order valence-corrected chi connectivity index (χ4v) is 3.92. The van der Waals surface area contributed by atoms with E-state index in [4.69, 9.17) is 23.2 Å². The minimum absolute atomic E-state index is 0.0446. The summed E-state index contributed by atoms with van der Waals surface area (Å²) in [6, 6.07) is 11.9. The molecule has 3 atom stereocenters. The Morgan fingerprint density at radius 3 is 2.69 bits per heavy atom. The molecule has 29 heavy (non-hydrogen) atoms. The van der Waals surface area contributed by atoms with E-state index in [-0.39, 0.29) is 41.1 Å². The average molecular weight is 436 g/mol. The summed E-state index contributed by atoms with van der Waals surface area (Å²) in [4.78, 5) is 24.9. The summed E-state index contributed by atoms with van der Waals surface area (Å²) in [5, 5.41) is 19.1. The van der Waals surface area contributed by atoms with Crippen molar-refractivity contribution in [3.63, 3.8) is 0 Å². The zero-order valence-corrected chi connectivity index (χ0v) is 17.4. The van der Waals surface area contributed by atoms with Gasteiger partial charge in [0.15, 0.2) is 0 Å². The second-order valence-corrected chi connectivity index (χ2v) is 7.99. The molecule has 0 aromatic heterocycles. The molecular weight excluding hydrogens is 413 g/mol. The normalized spacial score (nSPS) is 19.6. The largest absolute Gasteiger partial charge is 0.506 e. The van der Waals surface area contributed by atoms with Gasteiger partial charge in [-0.2, -0.15) is 0 Å². The fourth-order valence-electron chi connectivity index (χ4n) is 3.38. The lowest BCUT2D eigenvalue weighted by atomic mass is 9.96. The van der Waals surface area contributed by atoms with Crippen molar-refractivity contribution in [1.29, 1.82) is 0 Å². The van der Waals surface area contributed by atoms with Crippen LogP contribution in [0.2, 0.25) is 10.0 Å². The highest BCUT2D eigenvalue weighted by atomic mass is 35.5. The number of carbonyl (C=O) groups is 2. The van der Waals surface area contributed by atoms with Gasteiger partial charge in [-0.3, -0.25) is 9.59 Å². The lowest BCUT2D eigenvalue weighted by Gasteiger charge is -2.17. The molecule has 1 saturated heterocycles. The number of carbonyl (C=O) groups excluding carboxylic acids is 2. The summed E-state index contributed by atoms with van der Waals surface area (Å²) >= 11 is 11.8. The predicted molar refractivity (Wildman–Crippen MR) is 113 cm³/mol. The smallest absolute Gasteiger partial charge is 0.242 e. The number of halogens is 2. The van der Waals surface area contributed by atoms with Crippen LogP contribution in [0, 0.1) is 0 Å². The summed E-state index contributed by atoms with van der Waals surface area (Å²) in [5.41, 5.74) is 1.60. The lowest BCUT2D eigenvalue weighted by molar-refractivity contribution is -0.129. The van der Waals surface area contributed by atoms with E-state index in [0.29, 0.717) is 17.0 Å². The van der Waals surface area contributed by atoms with Gasteiger partial charge in [0, 0.05) is 23.7 Å². The summed E-state index contributed by atoms with van der Waals surface area (Å²) < 4.78 is 0. The number of amides is 2. The van der Waals surface area contributed by atoms with Gasteiger partial charge in [0.2, 0.25) is 11.8 Å². The van der Waals surface area contributed by atoms with Gasteiger partial charge in [-0.15, -0.1) is 0 Å². The van der Waals surface area contributed by atoms with Crippen LogP contribution in [0.25, 0.3) is 0 Å². The first-order valence-corrected chi connectivity index (χ1v) is 10.1. The first-order chi connectivity index (χ1) is 13.8. The molecule has 154 valence electrons. The van der Waals surface area contributed by atoms with Crippen molar-refractivity contribution in [3.05, 3.63) is 63.6 Å². The van der Waals surface area contributed by atoms with Crippen molar-refractivity contribution in [3.8, 4) is 5.75 Å². The van der Waals surface area contributed by atoms with Crippen LogP contribution in [0.4, 0.5) is 0 Å². The Bertz CT molecular complexity index is 892. The highest BCUT2D eigenvalue weighted by Gasteiger charge is 2.31. The fraction of sp³-hybridized carbons (Fsp3) is 0.333. The maximum atomic E-state index is 12.5. The van der Waals surface area contributed by atoms with Crippen molar-refractivity contribution < 1.29 is 14.7 Å². The molecule has 1 aliphatic heterocycles. The van der Waals surface area contributed by atoms with Crippen LogP contribution in [0.3, 0.4) is 0 Å². The molecule has 2 aromatic carbocycles. The van der Waals surface area contributed by atoms with E-state index >= 15 is 0 Å². The minimum Gasteiger partial charge on any atom is -0.506 e. The second kappa shape index (κ2) is 9.48. The van der Waals surface area contributed by atoms with E-state index in [1.807, 2.05) is 18.2 Å². The number of hydrogen-bond donors (Lipinski definition) is 4. The molecule has 0 spiro atoms. The van der Waals surface area contributed by atoms with Crippen molar-refractivity contribution in [2.45, 2.75) is 37.9 Å². The van der Waals surface area contributed by atoms with Gasteiger partial charge in [0.1, 0.15) is 11.8 Å². The van der Waals surface area contributed by atoms with Crippen LogP contribution in [-0.2, 0) is 16.1 Å². The topological polar surface area (TPSA) is 90.5 Å². The molecule has 0 bridgehead atoms. The van der Waals surface area contributed by atoms with E-state index in [9.17, 15) is 14.7 Å². The third-order valence-corrected chi connectivity index (χ3v) is 5.54. The molecule has 4 N–H and O–H groups in total. The van der Waals surface area contributed by atoms with Gasteiger partial charge in [0.05, 0.1) is 11.1 Å². The molecule has 8 heteroatoms. The van der Waals surface area contributed by atoms with E-state index < -0.39 is 6.04 Å². The highest BCUT2D eigenvalue weighted by molar-refractivity contribution is 6.35. The van der Waals surface area contributed by atoms with Gasteiger partial charge in [-0.1, -0.05) is 53.5 Å². The van der Waals surface area contributed by atoms with Crippen LogP contribution in [0.1, 0.15) is 30.4 Å². The van der Waals surface area contributed by atoms with Crippen molar-refractivity contribution in [2.24, 2.45) is 0 Å². The van der Waals surface area contributed by atoms with Crippen LogP contribution in [0.5, 0.6) is 5.75 Å². The molecule has 0 unspecified atom stereocenters. The Balaban J connectivity index is 1.50. The van der Waals surface area contributed by atoms with Crippen LogP contribution in [-0.4, -0.2) is 35.5 Å². The van der Waals surface area contributed by atoms with Gasteiger partial charge >= 0.3 is 0 Å². The lowest BCUT2D eigenvalue weighted by Crippen LogP contribution is -2.49. The molecule has 1 aliphatic rings. The maximum absolute atomic E-state index is 12.5. The van der Waals surface area contributed by atoms with Gasteiger partial charge in [-0.25, -0.2) is 0 Å². The standard InChI is InChI=1S/C21H23Cl2N3O3/c1-12(20(28)25-11-15-7-16(22)9-17(23)19(15)27)26-21(29)18-8-14(10-24-18)13-5-3-2-4-6-13/h2-7,9,12,14,18,24,27H,8,10-11H2,1H3,(H,25,28)(H,26,29)/t12-,14-,18+/m0/s1. The summed E-state index contributed by atoms with van der Waals surface area (Å²) in [7, 11) is 0. The van der Waals surface area contributed by atoms with E-state index in [1.54, 1.807) is 6.92 Å². The number of hydrogen-bond acceptors (Lipinski definition) is 4. The van der Waals surface area contributed by atoms with Crippen LogP contribution >= 0.6 is 23.2 Å². The SMILES string of the molecule is C[C@H](NC(=O)[C@H]1C[C@H](c2ccccc2)CN1)C(=O)NCc1cc(Cl)cc(Cl)c1O. The van der Waals surface area contributed by atoms with Gasteiger partial charge < -0.3 is 21.1 Å². The van der Waals surface area contributed by atoms with E-state index in [2.05, 4.69) is 28.1 Å². The zero-order valence-electron chi connectivity index (χ0n) is 15.9. The molecule has 0 aliphatic carbocycles. The van der Waals surface area contributed by atoms with Crippen LogP contribution in [0.15, 0.2) is 42.5 Å². The highest BCUT2D eigenvalue weighted by Crippen LogP contribution is 2.31. The predicted octanol–water partition coefficient (Wildman–Crippen LogP) is 2.97. The first kappa shape index (κ1) is 21.4. The van der Waals surface area contributed by atoms with Crippen LogP contribution < -0.4 is 16.0 Å². The number of nitrogens with one attached hydrogen (secondary N) is 3. The van der Waals surface area contributed by atoms with Crippen molar-refractivity contribution in [2.75, 3.05) is 6.54 Å². The molecule has 1 fully saturated rings. The molecular formula is C21H23Cl2N3O3. The van der Waals surface area contributed by atoms with Gasteiger partial charge in [-0.05, 0) is 37.0 Å². The summed E-state index contributed by atoms with van der Waals surface area (Å²) in [5.74, 6) is -0.437. The summed E-state index contributed by atoms with van der Waals surface area (Å²) in [6.45, 7) is 2.38. The molecule has 0 saturated carbocycles. The second-order valence-electron chi connectivity index (χ2n) is 7.15. The zero-order chi connectivity index (χ0) is 21.0. The first-order valence-electron chi connectivity index (χ1n) is 9.38. The Hall–Kier alpha value is -2.28. The third-order valence-electron chi connectivity index (χ3n) is 5.03. The van der Waals surface area contributed by atoms with Crippen molar-refractivity contribution >= 4 is 35.0 Å². The Morgan fingerprint density at radius 2 is 1.97 bits per heavy atom. The number of aromatic hydroxyl groups is 1. The molecule has 6 nitrogen and oxygen atoms in total. The number of phenolic OH excluding ortho intramolecular Hbond substituents is 1.